The number of nitrogens with one attached hydrogen (secondary N) is 1. The molecule has 0 aromatic heterocycles. The molecule has 21 heavy (non-hydrogen) atoms. The zero-order valence-electron chi connectivity index (χ0n) is 12.0. The van der Waals surface area contributed by atoms with Gasteiger partial charge in [-0.05, 0) is 80.2 Å². The van der Waals surface area contributed by atoms with E-state index in [1.54, 1.807) is 12.1 Å². The summed E-state index contributed by atoms with van der Waals surface area (Å²) in [5.41, 5.74) is 1.35. The molecular weight excluding hydrogens is 265 g/mol. The molecule has 110 valence electrons. The lowest BCUT2D eigenvalue weighted by Gasteiger charge is -2.22. The molecule has 1 saturated heterocycles. The van der Waals surface area contributed by atoms with Crippen molar-refractivity contribution in [2.24, 2.45) is 5.92 Å². The molecule has 0 spiro atoms. The van der Waals surface area contributed by atoms with Crippen LogP contribution in [0.1, 0.15) is 18.4 Å². The van der Waals surface area contributed by atoms with Gasteiger partial charge in [-0.2, -0.15) is 0 Å². The Kier molecular flexibility index (Phi) is 4.51. The normalized spacial score (nSPS) is 15.9. The van der Waals surface area contributed by atoms with Crippen LogP contribution in [0.25, 0.3) is 0 Å². The van der Waals surface area contributed by atoms with Crippen LogP contribution >= 0.6 is 0 Å². The van der Waals surface area contributed by atoms with Gasteiger partial charge in [-0.3, -0.25) is 0 Å². The number of hydrogen-bond donors (Lipinski definition) is 1. The van der Waals surface area contributed by atoms with Gasteiger partial charge < -0.3 is 10.1 Å². The van der Waals surface area contributed by atoms with Crippen molar-refractivity contribution in [2.75, 3.05) is 13.1 Å². The molecule has 1 fully saturated rings. The van der Waals surface area contributed by atoms with E-state index in [0.29, 0.717) is 5.75 Å². The van der Waals surface area contributed by atoms with Crippen molar-refractivity contribution in [3.8, 4) is 11.5 Å². The fourth-order valence-electron chi connectivity index (χ4n) is 2.75. The molecule has 0 aliphatic carbocycles. The molecule has 3 heteroatoms. The lowest BCUT2D eigenvalue weighted by Crippen LogP contribution is -2.28. The van der Waals surface area contributed by atoms with Crippen molar-refractivity contribution in [2.45, 2.75) is 19.3 Å². The van der Waals surface area contributed by atoms with Crippen LogP contribution in [-0.4, -0.2) is 13.1 Å². The number of piperidine rings is 1. The van der Waals surface area contributed by atoms with Gasteiger partial charge in [0.15, 0.2) is 0 Å². The first-order valence-electron chi connectivity index (χ1n) is 7.53. The maximum Gasteiger partial charge on any atom is 0.127 e. The van der Waals surface area contributed by atoms with Crippen LogP contribution in [0.2, 0.25) is 0 Å². The van der Waals surface area contributed by atoms with Gasteiger partial charge in [-0.1, -0.05) is 12.1 Å². The summed E-state index contributed by atoms with van der Waals surface area (Å²) >= 11 is 0. The Bertz CT molecular complexity index is 559. The average Bonchev–Trinajstić information content (AvgIpc) is 2.53. The Balaban J connectivity index is 1.59. The van der Waals surface area contributed by atoms with Gasteiger partial charge in [-0.15, -0.1) is 0 Å². The summed E-state index contributed by atoms with van der Waals surface area (Å²) in [5.74, 6) is 1.98. The molecule has 1 heterocycles. The van der Waals surface area contributed by atoms with Gasteiger partial charge in [0.2, 0.25) is 0 Å². The molecule has 2 nitrogen and oxygen atoms in total. The zero-order valence-corrected chi connectivity index (χ0v) is 12.0. The second-order valence-electron chi connectivity index (χ2n) is 5.60. The minimum absolute atomic E-state index is 0.250. The molecule has 0 saturated carbocycles. The third-order valence-electron chi connectivity index (χ3n) is 3.96. The summed E-state index contributed by atoms with van der Waals surface area (Å²) in [6.07, 6.45) is 3.65. The molecule has 0 amide bonds. The highest BCUT2D eigenvalue weighted by Crippen LogP contribution is 2.24. The molecule has 3 rings (SSSR count). The van der Waals surface area contributed by atoms with Gasteiger partial charge in [0, 0.05) is 0 Å². The second-order valence-corrected chi connectivity index (χ2v) is 5.60. The van der Waals surface area contributed by atoms with Crippen LogP contribution in [0.5, 0.6) is 11.5 Å². The summed E-state index contributed by atoms with van der Waals surface area (Å²) in [6, 6.07) is 14.3. The van der Waals surface area contributed by atoms with E-state index < -0.39 is 0 Å². The number of ether oxygens (including phenoxy) is 1. The van der Waals surface area contributed by atoms with Crippen LogP contribution in [0.4, 0.5) is 4.39 Å². The molecule has 1 N–H and O–H groups in total. The largest absolute Gasteiger partial charge is 0.457 e. The summed E-state index contributed by atoms with van der Waals surface area (Å²) in [7, 11) is 0. The minimum atomic E-state index is -0.250. The molecule has 1 aliphatic rings. The summed E-state index contributed by atoms with van der Waals surface area (Å²) < 4.78 is 18.5. The maximum atomic E-state index is 12.8. The minimum Gasteiger partial charge on any atom is -0.457 e. The molecule has 2 aromatic rings. The third-order valence-corrected chi connectivity index (χ3v) is 3.96. The van der Waals surface area contributed by atoms with Gasteiger partial charge in [-0.25, -0.2) is 4.39 Å². The van der Waals surface area contributed by atoms with E-state index in [-0.39, 0.29) is 5.82 Å². The van der Waals surface area contributed by atoms with E-state index >= 15 is 0 Å². The highest BCUT2D eigenvalue weighted by atomic mass is 19.1. The van der Waals surface area contributed by atoms with Crippen molar-refractivity contribution < 1.29 is 9.13 Å². The molecule has 2 aromatic carbocycles. The van der Waals surface area contributed by atoms with Crippen LogP contribution in [-0.2, 0) is 6.42 Å². The number of halogens is 1. The third kappa shape index (κ3) is 4.05. The van der Waals surface area contributed by atoms with Crippen molar-refractivity contribution in [3.63, 3.8) is 0 Å². The van der Waals surface area contributed by atoms with E-state index in [2.05, 4.69) is 17.4 Å². The van der Waals surface area contributed by atoms with Crippen molar-refractivity contribution >= 4 is 0 Å². The quantitative estimate of drug-likeness (QED) is 0.910. The average molecular weight is 285 g/mol. The Labute approximate surface area is 125 Å². The van der Waals surface area contributed by atoms with Crippen LogP contribution in [0, 0.1) is 11.7 Å². The van der Waals surface area contributed by atoms with E-state index in [1.807, 2.05) is 12.1 Å². The fraction of sp³-hybridized carbons (Fsp3) is 0.333. The Morgan fingerprint density at radius 1 is 0.905 bits per heavy atom. The SMILES string of the molecule is Fc1ccc(Oc2ccc(CC3CCNCC3)cc2)cc1. The predicted molar refractivity (Wildman–Crippen MR) is 82.2 cm³/mol. The lowest BCUT2D eigenvalue weighted by molar-refractivity contribution is 0.372. The van der Waals surface area contributed by atoms with Gasteiger partial charge in [0.1, 0.15) is 17.3 Å². The molecule has 0 radical (unpaired) electrons. The summed E-state index contributed by atoms with van der Waals surface area (Å²) in [4.78, 5) is 0. The van der Waals surface area contributed by atoms with Crippen molar-refractivity contribution in [1.29, 1.82) is 0 Å². The highest BCUT2D eigenvalue weighted by Gasteiger charge is 2.13. The number of benzene rings is 2. The summed E-state index contributed by atoms with van der Waals surface area (Å²) in [6.45, 7) is 2.27. The van der Waals surface area contributed by atoms with Crippen LogP contribution in [0.3, 0.4) is 0 Å². The van der Waals surface area contributed by atoms with Crippen molar-refractivity contribution in [1.82, 2.24) is 5.32 Å². The van der Waals surface area contributed by atoms with E-state index in [4.69, 9.17) is 4.74 Å². The molecule has 0 unspecified atom stereocenters. The fourth-order valence-corrected chi connectivity index (χ4v) is 2.75. The molecule has 0 atom stereocenters. The van der Waals surface area contributed by atoms with E-state index in [9.17, 15) is 4.39 Å². The van der Waals surface area contributed by atoms with Gasteiger partial charge in [0.25, 0.3) is 0 Å². The number of rotatable bonds is 4. The summed E-state index contributed by atoms with van der Waals surface area (Å²) in [5, 5.41) is 3.39. The Hall–Kier alpha value is -1.87. The van der Waals surface area contributed by atoms with E-state index in [1.165, 1.54) is 30.5 Å². The van der Waals surface area contributed by atoms with Crippen LogP contribution in [0.15, 0.2) is 48.5 Å². The number of hydrogen-bond acceptors (Lipinski definition) is 2. The zero-order chi connectivity index (χ0) is 14.5. The standard InChI is InChI=1S/C18H20FNO/c19-16-3-7-18(8-4-16)21-17-5-1-14(2-6-17)13-15-9-11-20-12-10-15/h1-8,15,20H,9-13H2. The molecular formula is C18H20FNO. The smallest absolute Gasteiger partial charge is 0.127 e. The lowest BCUT2D eigenvalue weighted by atomic mass is 9.91. The van der Waals surface area contributed by atoms with Gasteiger partial charge in [0.05, 0.1) is 0 Å². The molecule has 0 bridgehead atoms. The first-order chi connectivity index (χ1) is 10.3. The Morgan fingerprint density at radius 2 is 1.48 bits per heavy atom. The first kappa shape index (κ1) is 14.1. The predicted octanol–water partition coefficient (Wildman–Crippen LogP) is 4.16. The monoisotopic (exact) mass is 285 g/mol. The maximum absolute atomic E-state index is 12.8. The molecule has 1 aliphatic heterocycles. The first-order valence-corrected chi connectivity index (χ1v) is 7.53. The highest BCUT2D eigenvalue weighted by molar-refractivity contribution is 5.33. The van der Waals surface area contributed by atoms with E-state index in [0.717, 1.165) is 31.2 Å². The second kappa shape index (κ2) is 6.72. The topological polar surface area (TPSA) is 21.3 Å². The van der Waals surface area contributed by atoms with Gasteiger partial charge >= 0.3 is 0 Å². The van der Waals surface area contributed by atoms with Crippen LogP contribution < -0.4 is 10.1 Å². The Morgan fingerprint density at radius 3 is 2.10 bits per heavy atom. The van der Waals surface area contributed by atoms with Crippen molar-refractivity contribution in [3.05, 3.63) is 59.9 Å².